The van der Waals surface area contributed by atoms with Gasteiger partial charge in [0.1, 0.15) is 11.6 Å². The molecule has 2 aromatic carbocycles. The van der Waals surface area contributed by atoms with Crippen molar-refractivity contribution in [2.24, 2.45) is 0 Å². The van der Waals surface area contributed by atoms with E-state index in [1.807, 2.05) is 12.1 Å². The summed E-state index contributed by atoms with van der Waals surface area (Å²) in [6.45, 7) is 0.181. The van der Waals surface area contributed by atoms with E-state index in [0.29, 0.717) is 28.3 Å². The molecule has 0 atom stereocenters. The van der Waals surface area contributed by atoms with Gasteiger partial charge in [0.15, 0.2) is 18.1 Å². The van der Waals surface area contributed by atoms with E-state index < -0.39 is 0 Å². The molecule has 0 heterocycles. The molecule has 7 heteroatoms. The lowest BCUT2D eigenvalue weighted by atomic mass is 10.1. The zero-order chi connectivity index (χ0) is 18.4. The van der Waals surface area contributed by atoms with Crippen LogP contribution in [0.4, 0.5) is 4.39 Å². The first kappa shape index (κ1) is 19.1. The van der Waals surface area contributed by atoms with Gasteiger partial charge in [0.05, 0.1) is 18.7 Å². The first-order valence-corrected chi connectivity index (χ1v) is 8.27. The Bertz CT molecular complexity index is 754. The third-order valence-corrected chi connectivity index (χ3v) is 4.18. The summed E-state index contributed by atoms with van der Waals surface area (Å²) in [6.07, 6.45) is 0. The highest BCUT2D eigenvalue weighted by Crippen LogP contribution is 2.31. The van der Waals surface area contributed by atoms with Gasteiger partial charge in [-0.2, -0.15) is 0 Å². The Labute approximate surface area is 154 Å². The van der Waals surface area contributed by atoms with Crippen LogP contribution in [-0.4, -0.2) is 38.7 Å². The van der Waals surface area contributed by atoms with Crippen LogP contribution in [0.5, 0.6) is 17.2 Å². The topological polar surface area (TPSA) is 48.0 Å². The Kier molecular flexibility index (Phi) is 6.64. The summed E-state index contributed by atoms with van der Waals surface area (Å²) in [6, 6.07) is 9.51. The smallest absolute Gasteiger partial charge is 0.260 e. The number of methoxy groups -OCH3 is 2. The van der Waals surface area contributed by atoms with Gasteiger partial charge in [-0.1, -0.05) is 12.1 Å². The molecule has 0 aliphatic rings. The molecule has 0 aliphatic heterocycles. The van der Waals surface area contributed by atoms with Crippen LogP contribution in [0.2, 0.25) is 0 Å². The van der Waals surface area contributed by atoms with E-state index in [9.17, 15) is 9.18 Å². The molecule has 0 radical (unpaired) electrons. The molecular weight excluding hydrogens is 393 g/mol. The summed E-state index contributed by atoms with van der Waals surface area (Å²) in [5, 5.41) is 0. The predicted octanol–water partition coefficient (Wildman–Crippen LogP) is 3.64. The monoisotopic (exact) mass is 411 g/mol. The molecule has 2 rings (SSSR count). The number of likely N-dealkylation sites (N-methyl/N-ethyl adjacent to an activating group) is 1. The van der Waals surface area contributed by atoms with E-state index >= 15 is 0 Å². The van der Waals surface area contributed by atoms with Crippen molar-refractivity contribution in [3.05, 3.63) is 52.3 Å². The molecule has 0 unspecified atom stereocenters. The Morgan fingerprint density at radius 2 is 1.92 bits per heavy atom. The van der Waals surface area contributed by atoms with Gasteiger partial charge in [0, 0.05) is 19.2 Å². The number of para-hydroxylation sites is 1. The minimum Gasteiger partial charge on any atom is -0.493 e. The van der Waals surface area contributed by atoms with Gasteiger partial charge in [-0.05, 0) is 40.2 Å². The van der Waals surface area contributed by atoms with Crippen LogP contribution in [0.1, 0.15) is 5.56 Å². The van der Waals surface area contributed by atoms with Crippen LogP contribution in [0.15, 0.2) is 40.9 Å². The normalized spacial score (nSPS) is 10.3. The van der Waals surface area contributed by atoms with E-state index in [0.717, 1.165) is 5.56 Å². The molecule has 0 spiro atoms. The third-order valence-electron chi connectivity index (χ3n) is 3.56. The summed E-state index contributed by atoms with van der Waals surface area (Å²) in [5.74, 6) is 0.996. The number of rotatable bonds is 7. The van der Waals surface area contributed by atoms with Crippen molar-refractivity contribution >= 4 is 21.8 Å². The first-order chi connectivity index (χ1) is 12.0. The molecule has 0 fully saturated rings. The van der Waals surface area contributed by atoms with Gasteiger partial charge in [-0.15, -0.1) is 0 Å². The highest BCUT2D eigenvalue weighted by molar-refractivity contribution is 9.10. The average molecular weight is 412 g/mol. The number of carbonyl (C=O) groups excluding carboxylic acids is 1. The quantitative estimate of drug-likeness (QED) is 0.697. The minimum atomic E-state index is -0.382. The molecule has 0 saturated carbocycles. The fourth-order valence-corrected chi connectivity index (χ4v) is 2.73. The molecule has 0 N–H and O–H groups in total. The lowest BCUT2D eigenvalue weighted by molar-refractivity contribution is -0.132. The molecular formula is C18H19BrFNO4. The maximum absolute atomic E-state index is 13.1. The largest absolute Gasteiger partial charge is 0.493 e. The maximum Gasteiger partial charge on any atom is 0.260 e. The standard InChI is InChI=1S/C18H19BrFNO4/c1-21(10-12-5-4-6-16(23-2)18(12)24-3)17(22)11-25-15-8-7-13(20)9-14(15)19/h4-9H,10-11H2,1-3H3. The van der Waals surface area contributed by atoms with Crippen molar-refractivity contribution in [2.45, 2.75) is 6.54 Å². The van der Waals surface area contributed by atoms with Crippen molar-refractivity contribution in [1.29, 1.82) is 0 Å². The molecule has 0 aromatic heterocycles. The molecule has 0 bridgehead atoms. The molecule has 1 amide bonds. The van der Waals surface area contributed by atoms with Gasteiger partial charge >= 0.3 is 0 Å². The van der Waals surface area contributed by atoms with Crippen molar-refractivity contribution in [3.8, 4) is 17.2 Å². The summed E-state index contributed by atoms with van der Waals surface area (Å²) in [5.41, 5.74) is 0.820. The van der Waals surface area contributed by atoms with Gasteiger partial charge in [0.2, 0.25) is 0 Å². The number of carbonyl (C=O) groups is 1. The third kappa shape index (κ3) is 4.85. The van der Waals surface area contributed by atoms with Crippen molar-refractivity contribution in [3.63, 3.8) is 0 Å². The second-order valence-corrected chi connectivity index (χ2v) is 6.12. The Hall–Kier alpha value is -2.28. The number of halogens is 2. The van der Waals surface area contributed by atoms with Crippen LogP contribution >= 0.6 is 15.9 Å². The maximum atomic E-state index is 13.1. The van der Waals surface area contributed by atoms with Crippen LogP contribution in [0.25, 0.3) is 0 Å². The second-order valence-electron chi connectivity index (χ2n) is 5.27. The van der Waals surface area contributed by atoms with E-state index in [1.165, 1.54) is 23.1 Å². The van der Waals surface area contributed by atoms with Crippen molar-refractivity contribution < 1.29 is 23.4 Å². The molecule has 25 heavy (non-hydrogen) atoms. The van der Waals surface area contributed by atoms with Gasteiger partial charge in [-0.3, -0.25) is 4.79 Å². The van der Waals surface area contributed by atoms with Gasteiger partial charge in [0.25, 0.3) is 5.91 Å². The molecule has 134 valence electrons. The lowest BCUT2D eigenvalue weighted by Gasteiger charge is -2.20. The molecule has 0 saturated heterocycles. The van der Waals surface area contributed by atoms with E-state index in [2.05, 4.69) is 15.9 Å². The van der Waals surface area contributed by atoms with Crippen LogP contribution in [-0.2, 0) is 11.3 Å². The van der Waals surface area contributed by atoms with Crippen LogP contribution in [0.3, 0.4) is 0 Å². The Morgan fingerprint density at radius 3 is 2.56 bits per heavy atom. The van der Waals surface area contributed by atoms with Crippen LogP contribution < -0.4 is 14.2 Å². The zero-order valence-electron chi connectivity index (χ0n) is 14.2. The van der Waals surface area contributed by atoms with E-state index in [4.69, 9.17) is 14.2 Å². The number of hydrogen-bond donors (Lipinski definition) is 0. The molecule has 5 nitrogen and oxygen atoms in total. The van der Waals surface area contributed by atoms with Crippen molar-refractivity contribution in [2.75, 3.05) is 27.9 Å². The number of amides is 1. The second kappa shape index (κ2) is 8.71. The average Bonchev–Trinajstić information content (AvgIpc) is 2.60. The van der Waals surface area contributed by atoms with Gasteiger partial charge < -0.3 is 19.1 Å². The Balaban J connectivity index is 2.01. The van der Waals surface area contributed by atoms with E-state index in [1.54, 1.807) is 27.3 Å². The van der Waals surface area contributed by atoms with Gasteiger partial charge in [-0.25, -0.2) is 4.39 Å². The summed E-state index contributed by atoms with van der Waals surface area (Å²) < 4.78 is 29.6. The molecule has 2 aromatic rings. The minimum absolute atomic E-state index is 0.160. The first-order valence-electron chi connectivity index (χ1n) is 7.48. The fourth-order valence-electron chi connectivity index (χ4n) is 2.26. The number of hydrogen-bond acceptors (Lipinski definition) is 4. The summed E-state index contributed by atoms with van der Waals surface area (Å²) >= 11 is 3.20. The van der Waals surface area contributed by atoms with Crippen LogP contribution in [0, 0.1) is 5.82 Å². The lowest BCUT2D eigenvalue weighted by Crippen LogP contribution is -2.31. The Morgan fingerprint density at radius 1 is 1.16 bits per heavy atom. The SMILES string of the molecule is COc1cccc(CN(C)C(=O)COc2ccc(F)cc2Br)c1OC. The zero-order valence-corrected chi connectivity index (χ0v) is 15.8. The summed E-state index contributed by atoms with van der Waals surface area (Å²) in [4.78, 5) is 13.8. The highest BCUT2D eigenvalue weighted by Gasteiger charge is 2.16. The van der Waals surface area contributed by atoms with E-state index in [-0.39, 0.29) is 18.3 Å². The highest BCUT2D eigenvalue weighted by atomic mass is 79.9. The molecule has 0 aliphatic carbocycles. The number of benzene rings is 2. The number of ether oxygens (including phenoxy) is 3. The number of nitrogens with zero attached hydrogens (tertiary/aromatic N) is 1. The fraction of sp³-hybridized carbons (Fsp3) is 0.278. The van der Waals surface area contributed by atoms with Crippen molar-refractivity contribution in [1.82, 2.24) is 4.90 Å². The summed E-state index contributed by atoms with van der Waals surface area (Å²) in [7, 11) is 4.79. The predicted molar refractivity (Wildman–Crippen MR) is 95.6 cm³/mol.